The number of aliphatic hydroxyl groups is 1. The summed E-state index contributed by atoms with van der Waals surface area (Å²) in [4.78, 5) is 24.2. The maximum Gasteiger partial charge on any atom is 0.410 e. The van der Waals surface area contributed by atoms with Gasteiger partial charge in [0, 0.05) is 13.6 Å². The summed E-state index contributed by atoms with van der Waals surface area (Å²) >= 11 is 0. The molecule has 8 heteroatoms. The van der Waals surface area contributed by atoms with E-state index in [9.17, 15) is 9.59 Å². The van der Waals surface area contributed by atoms with Crippen molar-refractivity contribution in [1.29, 1.82) is 0 Å². The molecule has 0 bridgehead atoms. The summed E-state index contributed by atoms with van der Waals surface area (Å²) in [5.74, 6) is 0. The molecule has 0 rings (SSSR count). The van der Waals surface area contributed by atoms with Gasteiger partial charge in [-0.25, -0.2) is 9.59 Å². The lowest BCUT2D eigenvalue weighted by atomic mass is 10.2. The van der Waals surface area contributed by atoms with Crippen LogP contribution in [0.3, 0.4) is 0 Å². The lowest BCUT2D eigenvalue weighted by Gasteiger charge is -2.24. The number of alkyl carbamates (subject to hydrolysis) is 1. The predicted octanol–water partition coefficient (Wildman–Crippen LogP) is 0.588. The van der Waals surface area contributed by atoms with Gasteiger partial charge in [0.05, 0.1) is 26.4 Å². The molecule has 0 radical (unpaired) electrons. The molecule has 2 amide bonds. The number of nitrogens with zero attached hydrogens (tertiary/aromatic N) is 1. The minimum absolute atomic E-state index is 0.0541. The number of rotatable bonds is 8. The van der Waals surface area contributed by atoms with Crippen LogP contribution in [0.25, 0.3) is 0 Å². The predicted molar refractivity (Wildman–Crippen MR) is 76.1 cm³/mol. The Kier molecular flexibility index (Phi) is 9.48. The van der Waals surface area contributed by atoms with Gasteiger partial charge >= 0.3 is 12.2 Å². The van der Waals surface area contributed by atoms with Crippen molar-refractivity contribution in [1.82, 2.24) is 10.2 Å². The molecule has 0 fully saturated rings. The quantitative estimate of drug-likeness (QED) is 0.637. The van der Waals surface area contributed by atoms with Gasteiger partial charge in [-0.05, 0) is 20.8 Å². The summed E-state index contributed by atoms with van der Waals surface area (Å²) in [6.07, 6.45) is -1.05. The van der Waals surface area contributed by atoms with Crippen LogP contribution in [0.4, 0.5) is 9.59 Å². The Hall–Kier alpha value is -1.54. The van der Waals surface area contributed by atoms with Crippen molar-refractivity contribution >= 4 is 12.2 Å². The number of hydrogen-bond donors (Lipinski definition) is 2. The highest BCUT2D eigenvalue weighted by molar-refractivity contribution is 5.68. The van der Waals surface area contributed by atoms with E-state index in [1.807, 2.05) is 0 Å². The number of nitrogens with one attached hydrogen (secondary N) is 1. The zero-order valence-electron chi connectivity index (χ0n) is 13.2. The molecule has 8 nitrogen and oxygen atoms in total. The van der Waals surface area contributed by atoms with Crippen LogP contribution in [-0.2, 0) is 14.2 Å². The Morgan fingerprint density at radius 3 is 2.43 bits per heavy atom. The fraction of sp³-hybridized carbons (Fsp3) is 0.846. The first-order valence-corrected chi connectivity index (χ1v) is 6.79. The van der Waals surface area contributed by atoms with Gasteiger partial charge in [-0.2, -0.15) is 0 Å². The van der Waals surface area contributed by atoms with Crippen LogP contribution >= 0.6 is 0 Å². The highest BCUT2D eigenvalue weighted by Crippen LogP contribution is 2.08. The Bertz CT molecular complexity index is 316. The number of carbonyl (C=O) groups excluding carboxylic acids is 2. The van der Waals surface area contributed by atoms with E-state index >= 15 is 0 Å². The van der Waals surface area contributed by atoms with Gasteiger partial charge < -0.3 is 29.5 Å². The minimum Gasteiger partial charge on any atom is -0.448 e. The maximum atomic E-state index is 11.6. The lowest BCUT2D eigenvalue weighted by Crippen LogP contribution is -2.37. The SMILES string of the molecule is CN(CCOC(=O)NCCOCCO)C(=O)OC(C)(C)C. The molecule has 0 aliphatic rings. The van der Waals surface area contributed by atoms with Crippen LogP contribution in [0, 0.1) is 0 Å². The first-order valence-electron chi connectivity index (χ1n) is 6.79. The van der Waals surface area contributed by atoms with E-state index in [2.05, 4.69) is 5.32 Å². The summed E-state index contributed by atoms with van der Waals surface area (Å²) in [5, 5.41) is 11.0. The second-order valence-electron chi connectivity index (χ2n) is 5.30. The van der Waals surface area contributed by atoms with Crippen LogP contribution < -0.4 is 5.32 Å². The molecule has 0 saturated heterocycles. The van der Waals surface area contributed by atoms with Crippen LogP contribution in [-0.4, -0.2) is 74.4 Å². The van der Waals surface area contributed by atoms with Gasteiger partial charge in [-0.3, -0.25) is 0 Å². The lowest BCUT2D eigenvalue weighted by molar-refractivity contribution is 0.0260. The molecular weight excluding hydrogens is 280 g/mol. The highest BCUT2D eigenvalue weighted by atomic mass is 16.6. The van der Waals surface area contributed by atoms with Crippen molar-refractivity contribution in [2.24, 2.45) is 0 Å². The second kappa shape index (κ2) is 10.2. The van der Waals surface area contributed by atoms with Crippen molar-refractivity contribution in [3.05, 3.63) is 0 Å². The van der Waals surface area contributed by atoms with Crippen LogP contribution in [0.2, 0.25) is 0 Å². The van der Waals surface area contributed by atoms with Gasteiger partial charge in [0.15, 0.2) is 0 Å². The van der Waals surface area contributed by atoms with E-state index in [1.165, 1.54) is 4.90 Å². The zero-order valence-corrected chi connectivity index (χ0v) is 13.2. The van der Waals surface area contributed by atoms with E-state index in [0.717, 1.165) is 0 Å². The standard InChI is InChI=1S/C13H26N2O6/c1-13(2,3)21-12(18)15(4)6-9-20-11(17)14-5-8-19-10-7-16/h16H,5-10H2,1-4H3,(H,14,17). The van der Waals surface area contributed by atoms with E-state index in [4.69, 9.17) is 19.3 Å². The van der Waals surface area contributed by atoms with Crippen LogP contribution in [0.15, 0.2) is 0 Å². The Balaban J connectivity index is 3.68. The van der Waals surface area contributed by atoms with E-state index < -0.39 is 17.8 Å². The summed E-state index contributed by atoms with van der Waals surface area (Å²) < 4.78 is 15.0. The van der Waals surface area contributed by atoms with Gasteiger partial charge in [-0.1, -0.05) is 0 Å². The van der Waals surface area contributed by atoms with Crippen molar-refractivity contribution < 1.29 is 28.9 Å². The molecule has 124 valence electrons. The van der Waals surface area contributed by atoms with Gasteiger partial charge in [0.1, 0.15) is 12.2 Å². The van der Waals surface area contributed by atoms with Crippen molar-refractivity contribution in [3.63, 3.8) is 0 Å². The molecule has 21 heavy (non-hydrogen) atoms. The first kappa shape index (κ1) is 19.5. The number of carbonyl (C=O) groups is 2. The van der Waals surface area contributed by atoms with E-state index in [1.54, 1.807) is 27.8 Å². The number of aliphatic hydroxyl groups excluding tert-OH is 1. The summed E-state index contributed by atoms with van der Waals surface area (Å²) in [7, 11) is 1.57. The van der Waals surface area contributed by atoms with E-state index in [0.29, 0.717) is 13.2 Å². The second-order valence-corrected chi connectivity index (χ2v) is 5.30. The third kappa shape index (κ3) is 11.9. The fourth-order valence-electron chi connectivity index (χ4n) is 1.15. The number of amides is 2. The van der Waals surface area contributed by atoms with Gasteiger partial charge in [0.25, 0.3) is 0 Å². The van der Waals surface area contributed by atoms with Crippen molar-refractivity contribution in [2.75, 3.05) is 46.6 Å². The van der Waals surface area contributed by atoms with E-state index in [-0.39, 0.29) is 26.4 Å². The monoisotopic (exact) mass is 306 g/mol. The largest absolute Gasteiger partial charge is 0.448 e. The number of ether oxygens (including phenoxy) is 3. The Morgan fingerprint density at radius 2 is 1.86 bits per heavy atom. The highest BCUT2D eigenvalue weighted by Gasteiger charge is 2.19. The third-order valence-electron chi connectivity index (χ3n) is 2.12. The van der Waals surface area contributed by atoms with Crippen molar-refractivity contribution in [2.45, 2.75) is 26.4 Å². The molecule has 0 atom stereocenters. The van der Waals surface area contributed by atoms with Crippen molar-refractivity contribution in [3.8, 4) is 0 Å². The van der Waals surface area contributed by atoms with Gasteiger partial charge in [-0.15, -0.1) is 0 Å². The van der Waals surface area contributed by atoms with Crippen LogP contribution in [0.5, 0.6) is 0 Å². The summed E-state index contributed by atoms with van der Waals surface area (Å²) in [6.45, 7) is 6.42. The Labute approximate surface area is 125 Å². The molecule has 0 aliphatic heterocycles. The number of likely N-dealkylation sites (N-methyl/N-ethyl adjacent to an activating group) is 1. The topological polar surface area (TPSA) is 97.3 Å². The smallest absolute Gasteiger partial charge is 0.410 e. The molecule has 0 aromatic carbocycles. The molecule has 0 heterocycles. The molecule has 0 aromatic heterocycles. The average Bonchev–Trinajstić information content (AvgIpc) is 2.36. The summed E-state index contributed by atoms with van der Waals surface area (Å²) in [6, 6.07) is 0. The molecule has 0 unspecified atom stereocenters. The molecular formula is C13H26N2O6. The fourth-order valence-corrected chi connectivity index (χ4v) is 1.15. The molecule has 0 aliphatic carbocycles. The van der Waals surface area contributed by atoms with Gasteiger partial charge in [0.2, 0.25) is 0 Å². The molecule has 0 spiro atoms. The molecule has 2 N–H and O–H groups in total. The normalized spacial score (nSPS) is 10.9. The molecule has 0 saturated carbocycles. The van der Waals surface area contributed by atoms with Crippen LogP contribution in [0.1, 0.15) is 20.8 Å². The Morgan fingerprint density at radius 1 is 1.19 bits per heavy atom. The average molecular weight is 306 g/mol. The number of hydrogen-bond acceptors (Lipinski definition) is 6. The molecule has 0 aromatic rings. The summed E-state index contributed by atoms with van der Waals surface area (Å²) in [5.41, 5.74) is -0.557. The maximum absolute atomic E-state index is 11.6. The minimum atomic E-state index is -0.583. The zero-order chi connectivity index (χ0) is 16.3. The third-order valence-corrected chi connectivity index (χ3v) is 2.12. The first-order chi connectivity index (χ1) is 9.76.